The van der Waals surface area contributed by atoms with Crippen molar-refractivity contribution < 1.29 is 17.6 Å². The molecule has 1 N–H and O–H groups in total. The number of rotatable bonds is 8. The highest BCUT2D eigenvalue weighted by Gasteiger charge is 2.27. The fraction of sp³-hybridized carbons (Fsp3) is 0.115. The van der Waals surface area contributed by atoms with Crippen molar-refractivity contribution in [2.75, 3.05) is 10.8 Å². The van der Waals surface area contributed by atoms with E-state index in [4.69, 9.17) is 11.6 Å². The number of anilines is 1. The zero-order valence-electron chi connectivity index (χ0n) is 20.0. The molecule has 37 heavy (non-hydrogen) atoms. The summed E-state index contributed by atoms with van der Waals surface area (Å²) < 4.78 is 42.8. The van der Waals surface area contributed by atoms with Gasteiger partial charge in [-0.25, -0.2) is 22.9 Å². The molecule has 4 aromatic rings. The van der Waals surface area contributed by atoms with Gasteiger partial charge in [0.1, 0.15) is 12.4 Å². The van der Waals surface area contributed by atoms with E-state index in [0.29, 0.717) is 11.3 Å². The van der Waals surface area contributed by atoms with Gasteiger partial charge < -0.3 is 0 Å². The van der Waals surface area contributed by atoms with Gasteiger partial charge in [-0.15, -0.1) is 0 Å². The molecule has 0 fully saturated rings. The highest BCUT2D eigenvalue weighted by Crippen LogP contribution is 2.24. The Morgan fingerprint density at radius 1 is 1.05 bits per heavy atom. The lowest BCUT2D eigenvalue weighted by Gasteiger charge is -2.23. The third-order valence-electron chi connectivity index (χ3n) is 5.51. The Morgan fingerprint density at radius 2 is 1.70 bits per heavy atom. The number of amides is 1. The summed E-state index contributed by atoms with van der Waals surface area (Å²) in [4.78, 5) is 12.7. The minimum Gasteiger partial charge on any atom is -0.271 e. The number of hydrazone groups is 1. The molecule has 0 radical (unpaired) electrons. The molecule has 1 aromatic heterocycles. The lowest BCUT2D eigenvalue weighted by atomic mass is 10.2. The zero-order chi connectivity index (χ0) is 26.6. The van der Waals surface area contributed by atoms with Crippen LogP contribution in [0.5, 0.6) is 0 Å². The number of aryl methyl sites for hydroxylation is 1. The summed E-state index contributed by atoms with van der Waals surface area (Å²) >= 11 is 6.28. The molecular formula is C26H23ClFN5O3S. The zero-order valence-corrected chi connectivity index (χ0v) is 21.5. The molecule has 0 unspecified atom stereocenters. The van der Waals surface area contributed by atoms with Gasteiger partial charge in [0.05, 0.1) is 33.7 Å². The summed E-state index contributed by atoms with van der Waals surface area (Å²) in [5.74, 6) is -1.24. The molecule has 0 atom stereocenters. The predicted octanol–water partition coefficient (Wildman–Crippen LogP) is 4.63. The predicted molar refractivity (Wildman–Crippen MR) is 141 cm³/mol. The fourth-order valence-corrected chi connectivity index (χ4v) is 5.22. The van der Waals surface area contributed by atoms with E-state index in [1.54, 1.807) is 23.7 Å². The van der Waals surface area contributed by atoms with E-state index in [9.17, 15) is 17.6 Å². The summed E-state index contributed by atoms with van der Waals surface area (Å²) in [6, 6.07) is 20.4. The fourth-order valence-electron chi connectivity index (χ4n) is 3.54. The van der Waals surface area contributed by atoms with Crippen molar-refractivity contribution in [2.45, 2.75) is 18.7 Å². The van der Waals surface area contributed by atoms with Crippen molar-refractivity contribution >= 4 is 39.4 Å². The van der Waals surface area contributed by atoms with Crippen molar-refractivity contribution in [3.05, 3.63) is 107 Å². The van der Waals surface area contributed by atoms with Gasteiger partial charge in [0.15, 0.2) is 5.15 Å². The Bertz CT molecular complexity index is 1540. The van der Waals surface area contributed by atoms with Crippen molar-refractivity contribution in [3.63, 3.8) is 0 Å². The van der Waals surface area contributed by atoms with Crippen LogP contribution in [0.25, 0.3) is 5.69 Å². The van der Waals surface area contributed by atoms with E-state index in [-0.39, 0.29) is 15.7 Å². The number of sulfonamides is 1. The van der Waals surface area contributed by atoms with Crippen LogP contribution in [0.2, 0.25) is 5.15 Å². The van der Waals surface area contributed by atoms with Crippen LogP contribution in [0.15, 0.2) is 88.9 Å². The molecule has 0 saturated heterocycles. The van der Waals surface area contributed by atoms with Gasteiger partial charge >= 0.3 is 0 Å². The number of hydrogen-bond acceptors (Lipinski definition) is 5. The second kappa shape index (κ2) is 10.9. The van der Waals surface area contributed by atoms with E-state index in [2.05, 4.69) is 15.6 Å². The first-order valence-corrected chi connectivity index (χ1v) is 13.0. The normalized spacial score (nSPS) is 11.6. The number of carbonyl (C=O) groups is 1. The highest BCUT2D eigenvalue weighted by molar-refractivity contribution is 7.92. The van der Waals surface area contributed by atoms with E-state index < -0.39 is 28.3 Å². The molecule has 0 saturated carbocycles. The number of carbonyl (C=O) groups excluding carboxylic acids is 1. The SMILES string of the molecule is Cc1ccc(S(=O)(=O)N(CC(=O)N/N=C\c2c(Cl)nn(-c3ccccc3)c2C)c2ccc(F)cc2)cc1. The molecule has 0 aliphatic rings. The number of hydrogen-bond donors (Lipinski definition) is 1. The van der Waals surface area contributed by atoms with Gasteiger partial charge in [-0.3, -0.25) is 9.10 Å². The average molecular weight is 540 g/mol. The quantitative estimate of drug-likeness (QED) is 0.261. The summed E-state index contributed by atoms with van der Waals surface area (Å²) in [5, 5.41) is 8.45. The molecule has 11 heteroatoms. The Hall–Kier alpha value is -4.02. The van der Waals surface area contributed by atoms with E-state index in [1.807, 2.05) is 37.3 Å². The van der Waals surface area contributed by atoms with Gasteiger partial charge in [0.2, 0.25) is 0 Å². The first-order chi connectivity index (χ1) is 17.7. The van der Waals surface area contributed by atoms with Crippen molar-refractivity contribution in [1.82, 2.24) is 15.2 Å². The third kappa shape index (κ3) is 5.87. The second-order valence-electron chi connectivity index (χ2n) is 8.13. The van der Waals surface area contributed by atoms with Gasteiger partial charge in [0, 0.05) is 0 Å². The number of nitrogens with zero attached hydrogens (tertiary/aromatic N) is 4. The van der Waals surface area contributed by atoms with Gasteiger partial charge in [-0.2, -0.15) is 10.2 Å². The monoisotopic (exact) mass is 539 g/mol. The molecule has 190 valence electrons. The lowest BCUT2D eigenvalue weighted by molar-refractivity contribution is -0.119. The maximum absolute atomic E-state index is 13.5. The summed E-state index contributed by atoms with van der Waals surface area (Å²) in [6.07, 6.45) is 1.35. The van der Waals surface area contributed by atoms with Crippen molar-refractivity contribution in [2.24, 2.45) is 5.10 Å². The topological polar surface area (TPSA) is 96.7 Å². The summed E-state index contributed by atoms with van der Waals surface area (Å²) in [7, 11) is -4.13. The largest absolute Gasteiger partial charge is 0.271 e. The van der Waals surface area contributed by atoms with Crippen LogP contribution in [0.3, 0.4) is 0 Å². The first-order valence-electron chi connectivity index (χ1n) is 11.1. The molecular weight excluding hydrogens is 517 g/mol. The van der Waals surface area contributed by atoms with Crippen LogP contribution in [-0.4, -0.2) is 36.9 Å². The number of halogens is 2. The second-order valence-corrected chi connectivity index (χ2v) is 10.4. The Balaban J connectivity index is 1.55. The van der Waals surface area contributed by atoms with Crippen LogP contribution in [-0.2, 0) is 14.8 Å². The number of para-hydroxylation sites is 1. The van der Waals surface area contributed by atoms with Gasteiger partial charge in [-0.05, 0) is 62.4 Å². The molecule has 0 aliphatic carbocycles. The van der Waals surface area contributed by atoms with Crippen LogP contribution in [0.1, 0.15) is 16.8 Å². The number of benzene rings is 3. The molecule has 3 aromatic carbocycles. The molecule has 0 aliphatic heterocycles. The van der Waals surface area contributed by atoms with E-state index in [0.717, 1.165) is 27.7 Å². The van der Waals surface area contributed by atoms with Crippen molar-refractivity contribution in [1.29, 1.82) is 0 Å². The first kappa shape index (κ1) is 26.1. The Labute approximate surface area is 219 Å². The maximum Gasteiger partial charge on any atom is 0.264 e. The maximum atomic E-state index is 13.5. The van der Waals surface area contributed by atoms with Crippen LogP contribution < -0.4 is 9.73 Å². The van der Waals surface area contributed by atoms with E-state index >= 15 is 0 Å². The Kier molecular flexibility index (Phi) is 7.70. The molecule has 1 amide bonds. The lowest BCUT2D eigenvalue weighted by Crippen LogP contribution is -2.39. The Morgan fingerprint density at radius 3 is 2.35 bits per heavy atom. The minimum absolute atomic E-state index is 0.00513. The average Bonchev–Trinajstić information content (AvgIpc) is 3.17. The summed E-state index contributed by atoms with van der Waals surface area (Å²) in [6.45, 7) is 3.05. The van der Waals surface area contributed by atoms with Crippen LogP contribution in [0.4, 0.5) is 10.1 Å². The number of nitrogens with one attached hydrogen (secondary N) is 1. The molecule has 0 spiro atoms. The van der Waals surface area contributed by atoms with Crippen molar-refractivity contribution in [3.8, 4) is 5.69 Å². The standard InChI is InChI=1S/C26H23ClFN5O3S/c1-18-8-14-23(15-9-18)37(35,36)32(21-12-10-20(28)11-13-21)17-25(34)30-29-16-24-19(2)33(31-26(24)27)22-6-4-3-5-7-22/h3-16H,17H2,1-2H3,(H,30,34)/b29-16-. The van der Waals surface area contributed by atoms with Gasteiger partial charge in [0.25, 0.3) is 15.9 Å². The molecule has 4 rings (SSSR count). The minimum atomic E-state index is -4.13. The molecule has 8 nitrogen and oxygen atoms in total. The third-order valence-corrected chi connectivity index (χ3v) is 7.58. The highest BCUT2D eigenvalue weighted by atomic mass is 35.5. The smallest absolute Gasteiger partial charge is 0.264 e. The van der Waals surface area contributed by atoms with E-state index in [1.165, 1.54) is 30.5 Å². The summed E-state index contributed by atoms with van der Waals surface area (Å²) in [5.41, 5.74) is 5.34. The number of aromatic nitrogens is 2. The van der Waals surface area contributed by atoms with Crippen LogP contribution >= 0.6 is 11.6 Å². The molecule has 1 heterocycles. The van der Waals surface area contributed by atoms with Gasteiger partial charge in [-0.1, -0.05) is 47.5 Å². The van der Waals surface area contributed by atoms with Crippen LogP contribution in [0, 0.1) is 19.7 Å². The molecule has 0 bridgehead atoms.